The molecule has 36 heavy (non-hydrogen) atoms. The molecule has 2 fully saturated rings. The summed E-state index contributed by atoms with van der Waals surface area (Å²) in [6.07, 6.45) is 5.53. The monoisotopic (exact) mass is 490 g/mol. The topological polar surface area (TPSA) is 87.9 Å². The van der Waals surface area contributed by atoms with Crippen LogP contribution in [0.15, 0.2) is 30.3 Å². The van der Waals surface area contributed by atoms with E-state index in [1.807, 2.05) is 4.90 Å². The Hall–Kier alpha value is -3.06. The Bertz CT molecular complexity index is 1150. The molecule has 2 aromatic rings. The second-order valence-electron chi connectivity index (χ2n) is 10.7. The van der Waals surface area contributed by atoms with Gasteiger partial charge in [0.25, 0.3) is 5.91 Å². The van der Waals surface area contributed by atoms with E-state index in [1.165, 1.54) is 6.42 Å². The van der Waals surface area contributed by atoms with Gasteiger partial charge in [-0.2, -0.15) is 0 Å². The molecule has 1 saturated carbocycles. The molecule has 1 saturated heterocycles. The molecule has 2 amide bonds. The lowest BCUT2D eigenvalue weighted by Gasteiger charge is -2.33. The highest BCUT2D eigenvalue weighted by atomic mass is 16.5. The fourth-order valence-corrected chi connectivity index (χ4v) is 6.19. The van der Waals surface area contributed by atoms with E-state index >= 15 is 0 Å². The number of carbonyl (C=O) groups is 2. The van der Waals surface area contributed by atoms with Crippen molar-refractivity contribution in [3.05, 3.63) is 52.6 Å². The number of methoxy groups -OCH3 is 1. The summed E-state index contributed by atoms with van der Waals surface area (Å²) in [5.74, 6) is 0.704. The molecular weight excluding hydrogens is 452 g/mol. The smallest absolute Gasteiger partial charge is 0.254 e. The van der Waals surface area contributed by atoms with Crippen LogP contribution in [0.2, 0.25) is 0 Å². The van der Waals surface area contributed by atoms with E-state index in [0.29, 0.717) is 12.6 Å². The van der Waals surface area contributed by atoms with Crippen molar-refractivity contribution in [1.29, 1.82) is 0 Å². The molecule has 1 unspecified atom stereocenters. The number of aryl methyl sites for hydroxylation is 2. The number of hydrogen-bond donors (Lipinski definition) is 2. The minimum atomic E-state index is -0.213. The van der Waals surface area contributed by atoms with E-state index in [4.69, 9.17) is 10.5 Å². The molecule has 1 atom stereocenters. The predicted octanol–water partition coefficient (Wildman–Crippen LogP) is 4.20. The Morgan fingerprint density at radius 2 is 1.86 bits per heavy atom. The Morgan fingerprint density at radius 3 is 2.53 bits per heavy atom. The summed E-state index contributed by atoms with van der Waals surface area (Å²) < 4.78 is 5.63. The number of ether oxygens (including phenoxy) is 1. The number of rotatable bonds is 7. The van der Waals surface area contributed by atoms with Gasteiger partial charge in [-0.15, -0.1) is 0 Å². The van der Waals surface area contributed by atoms with E-state index in [-0.39, 0.29) is 23.8 Å². The predicted molar refractivity (Wildman–Crippen MR) is 142 cm³/mol. The van der Waals surface area contributed by atoms with Crippen LogP contribution in [0.5, 0.6) is 5.75 Å². The standard InChI is InChI=1S/C29H38N4O3/c1-18-6-9-23(15-27(18)36-3)32(16-21-5-4-12-31-21)24-13-19(2)26-17-33(29(35)25(26)14-24)22-10-7-20(8-11-22)28(30)34/h6,9,13-15,20-22,31H,4-5,7-8,10-12,16-17H2,1-3H3,(H2,30,34). The van der Waals surface area contributed by atoms with Gasteiger partial charge in [-0.3, -0.25) is 9.59 Å². The highest BCUT2D eigenvalue weighted by molar-refractivity contribution is 6.00. The molecular formula is C29H38N4O3. The zero-order valence-electron chi connectivity index (χ0n) is 21.7. The van der Waals surface area contributed by atoms with E-state index in [2.05, 4.69) is 54.4 Å². The molecule has 0 radical (unpaired) electrons. The number of carbonyl (C=O) groups excluding carboxylic acids is 2. The van der Waals surface area contributed by atoms with Gasteiger partial charge in [0, 0.05) is 54.1 Å². The summed E-state index contributed by atoms with van der Waals surface area (Å²) in [4.78, 5) is 29.6. The van der Waals surface area contributed by atoms with Gasteiger partial charge in [0.1, 0.15) is 5.75 Å². The molecule has 3 aliphatic rings. The third-order valence-electron chi connectivity index (χ3n) is 8.40. The van der Waals surface area contributed by atoms with Crippen LogP contribution in [0.4, 0.5) is 11.4 Å². The summed E-state index contributed by atoms with van der Waals surface area (Å²) in [5.41, 5.74) is 11.8. The van der Waals surface area contributed by atoms with E-state index in [0.717, 1.165) is 84.6 Å². The van der Waals surface area contributed by atoms with Crippen LogP contribution in [-0.2, 0) is 11.3 Å². The van der Waals surface area contributed by atoms with Crippen molar-refractivity contribution in [1.82, 2.24) is 10.2 Å². The molecule has 3 N–H and O–H groups in total. The van der Waals surface area contributed by atoms with Crippen molar-refractivity contribution in [3.63, 3.8) is 0 Å². The Kier molecular flexibility index (Phi) is 6.93. The Balaban J connectivity index is 1.45. The van der Waals surface area contributed by atoms with Gasteiger partial charge in [-0.05, 0) is 93.8 Å². The summed E-state index contributed by atoms with van der Waals surface area (Å²) in [6.45, 7) is 6.69. The number of hydrogen-bond acceptors (Lipinski definition) is 5. The van der Waals surface area contributed by atoms with Crippen molar-refractivity contribution in [2.24, 2.45) is 11.7 Å². The fraction of sp³-hybridized carbons (Fsp3) is 0.517. The second-order valence-corrected chi connectivity index (χ2v) is 10.7. The summed E-state index contributed by atoms with van der Waals surface area (Å²) in [5, 5.41) is 3.62. The molecule has 192 valence electrons. The van der Waals surface area contributed by atoms with Crippen molar-refractivity contribution in [2.45, 2.75) is 71.0 Å². The largest absolute Gasteiger partial charge is 0.496 e. The maximum absolute atomic E-state index is 13.6. The van der Waals surface area contributed by atoms with Crippen molar-refractivity contribution in [2.75, 3.05) is 25.1 Å². The van der Waals surface area contributed by atoms with Crippen LogP contribution in [0.3, 0.4) is 0 Å². The number of primary amides is 1. The average Bonchev–Trinajstić information content (AvgIpc) is 3.51. The molecule has 2 aliphatic heterocycles. The molecule has 5 rings (SSSR count). The summed E-state index contributed by atoms with van der Waals surface area (Å²) >= 11 is 0. The lowest BCUT2D eigenvalue weighted by atomic mass is 9.85. The number of anilines is 2. The van der Waals surface area contributed by atoms with E-state index < -0.39 is 0 Å². The fourth-order valence-electron chi connectivity index (χ4n) is 6.19. The summed E-state index contributed by atoms with van der Waals surface area (Å²) in [6, 6.07) is 11.2. The van der Waals surface area contributed by atoms with Gasteiger partial charge in [0.05, 0.1) is 7.11 Å². The van der Waals surface area contributed by atoms with Gasteiger partial charge >= 0.3 is 0 Å². The van der Waals surface area contributed by atoms with Crippen molar-refractivity contribution >= 4 is 23.2 Å². The Labute approximate surface area is 214 Å². The number of benzene rings is 2. The minimum Gasteiger partial charge on any atom is -0.496 e. The summed E-state index contributed by atoms with van der Waals surface area (Å²) in [7, 11) is 1.71. The first-order chi connectivity index (χ1) is 17.4. The molecule has 7 nitrogen and oxygen atoms in total. The quantitative estimate of drug-likeness (QED) is 0.607. The minimum absolute atomic E-state index is 0.0566. The van der Waals surface area contributed by atoms with Crippen molar-refractivity contribution in [3.8, 4) is 5.75 Å². The highest BCUT2D eigenvalue weighted by Gasteiger charge is 2.37. The van der Waals surface area contributed by atoms with Gasteiger partial charge in [-0.1, -0.05) is 6.07 Å². The van der Waals surface area contributed by atoms with Crippen LogP contribution in [0.25, 0.3) is 0 Å². The van der Waals surface area contributed by atoms with Crippen LogP contribution in [-0.4, -0.2) is 49.0 Å². The number of nitrogens with zero attached hydrogens (tertiary/aromatic N) is 2. The average molecular weight is 491 g/mol. The number of fused-ring (bicyclic) bond motifs is 1. The molecule has 0 spiro atoms. The third-order valence-corrected chi connectivity index (χ3v) is 8.40. The van der Waals surface area contributed by atoms with Gasteiger partial charge < -0.3 is 25.6 Å². The lowest BCUT2D eigenvalue weighted by Crippen LogP contribution is -2.40. The first-order valence-electron chi connectivity index (χ1n) is 13.2. The molecule has 0 bridgehead atoms. The van der Waals surface area contributed by atoms with E-state index in [9.17, 15) is 9.59 Å². The maximum atomic E-state index is 13.6. The first kappa shape index (κ1) is 24.6. The van der Waals surface area contributed by atoms with Gasteiger partial charge in [0.15, 0.2) is 0 Å². The molecule has 2 aromatic carbocycles. The van der Waals surface area contributed by atoms with Crippen LogP contribution < -0.4 is 20.7 Å². The zero-order chi connectivity index (χ0) is 25.4. The molecule has 0 aromatic heterocycles. The van der Waals surface area contributed by atoms with Crippen molar-refractivity contribution < 1.29 is 14.3 Å². The Morgan fingerprint density at radius 1 is 1.08 bits per heavy atom. The van der Waals surface area contributed by atoms with Crippen LogP contribution in [0, 0.1) is 19.8 Å². The first-order valence-corrected chi connectivity index (χ1v) is 13.2. The van der Waals surface area contributed by atoms with Gasteiger partial charge in [-0.25, -0.2) is 0 Å². The van der Waals surface area contributed by atoms with Crippen LogP contribution in [0.1, 0.15) is 65.6 Å². The van der Waals surface area contributed by atoms with Crippen LogP contribution >= 0.6 is 0 Å². The molecule has 7 heteroatoms. The molecule has 2 heterocycles. The zero-order valence-corrected chi connectivity index (χ0v) is 21.7. The van der Waals surface area contributed by atoms with E-state index in [1.54, 1.807) is 7.11 Å². The lowest BCUT2D eigenvalue weighted by molar-refractivity contribution is -0.123. The third kappa shape index (κ3) is 4.69. The normalized spacial score (nSPS) is 23.6. The number of nitrogens with one attached hydrogen (secondary N) is 1. The second kappa shape index (κ2) is 10.1. The highest BCUT2D eigenvalue weighted by Crippen LogP contribution is 2.38. The number of nitrogens with two attached hydrogens (primary N) is 1. The van der Waals surface area contributed by atoms with Gasteiger partial charge in [0.2, 0.25) is 5.91 Å². The maximum Gasteiger partial charge on any atom is 0.254 e. The number of amides is 2. The molecule has 1 aliphatic carbocycles. The SMILES string of the molecule is COc1cc(N(CC2CCCN2)c2cc(C)c3c(c2)C(=O)N(C2CCC(C(N)=O)CC2)C3)ccc1C.